The van der Waals surface area contributed by atoms with Crippen LogP contribution in [-0.4, -0.2) is 38.1 Å². The van der Waals surface area contributed by atoms with E-state index in [1.54, 1.807) is 48.7 Å². The summed E-state index contributed by atoms with van der Waals surface area (Å²) in [7, 11) is 0. The van der Waals surface area contributed by atoms with Crippen LogP contribution in [-0.2, 0) is 11.3 Å². The maximum absolute atomic E-state index is 13.3. The summed E-state index contributed by atoms with van der Waals surface area (Å²) >= 11 is 0. The van der Waals surface area contributed by atoms with Gasteiger partial charge in [0.25, 0.3) is 5.91 Å². The van der Waals surface area contributed by atoms with Gasteiger partial charge >= 0.3 is 0 Å². The zero-order valence-corrected chi connectivity index (χ0v) is 16.1. The van der Waals surface area contributed by atoms with Crippen LogP contribution in [0.25, 0.3) is 11.0 Å². The smallest absolute Gasteiger partial charge is 0.259 e. The van der Waals surface area contributed by atoms with E-state index < -0.39 is 0 Å². The lowest BCUT2D eigenvalue weighted by Crippen LogP contribution is -2.36. The second kappa shape index (κ2) is 7.03. The number of pyridine rings is 2. The first-order valence-corrected chi connectivity index (χ1v) is 9.32. The van der Waals surface area contributed by atoms with Crippen LogP contribution in [0, 0.1) is 11.8 Å². The zero-order valence-electron chi connectivity index (χ0n) is 16.1. The first kappa shape index (κ1) is 18.1. The molecule has 0 spiro atoms. The summed E-state index contributed by atoms with van der Waals surface area (Å²) in [6.07, 6.45) is 6.49. The monoisotopic (exact) mass is 378 g/mol. The SMILES string of the molecule is CC(C)Cn1ncc2cc(C(=O)N3CC(C)C(=O)Nc4ccncc43)cnc21. The van der Waals surface area contributed by atoms with E-state index in [1.165, 1.54) is 0 Å². The van der Waals surface area contributed by atoms with Gasteiger partial charge in [-0.25, -0.2) is 9.67 Å². The molecule has 1 aliphatic rings. The molecule has 1 N–H and O–H groups in total. The van der Waals surface area contributed by atoms with Crippen molar-refractivity contribution in [2.24, 2.45) is 11.8 Å². The molecule has 144 valence electrons. The average molecular weight is 378 g/mol. The Morgan fingerprint density at radius 2 is 2.14 bits per heavy atom. The van der Waals surface area contributed by atoms with Crippen molar-refractivity contribution >= 4 is 34.2 Å². The number of nitrogens with zero attached hydrogens (tertiary/aromatic N) is 5. The highest BCUT2D eigenvalue weighted by Crippen LogP contribution is 2.30. The molecule has 4 heterocycles. The molecular weight excluding hydrogens is 356 g/mol. The van der Waals surface area contributed by atoms with E-state index in [1.807, 2.05) is 4.68 Å². The number of nitrogens with one attached hydrogen (secondary N) is 1. The number of rotatable bonds is 3. The summed E-state index contributed by atoms with van der Waals surface area (Å²) in [6.45, 7) is 7.07. The van der Waals surface area contributed by atoms with Crippen molar-refractivity contribution in [2.75, 3.05) is 16.8 Å². The summed E-state index contributed by atoms with van der Waals surface area (Å²) in [6, 6.07) is 3.50. The molecule has 4 rings (SSSR count). The number of hydrogen-bond acceptors (Lipinski definition) is 5. The van der Waals surface area contributed by atoms with E-state index in [-0.39, 0.29) is 24.3 Å². The molecule has 0 bridgehead atoms. The van der Waals surface area contributed by atoms with Gasteiger partial charge in [0.05, 0.1) is 35.2 Å². The Balaban J connectivity index is 1.71. The second-order valence-corrected chi connectivity index (χ2v) is 7.56. The molecule has 0 saturated heterocycles. The minimum absolute atomic E-state index is 0.119. The van der Waals surface area contributed by atoms with Gasteiger partial charge in [-0.15, -0.1) is 0 Å². The minimum atomic E-state index is -0.346. The molecule has 0 radical (unpaired) electrons. The molecule has 8 heteroatoms. The number of aromatic nitrogens is 4. The molecule has 28 heavy (non-hydrogen) atoms. The third kappa shape index (κ3) is 3.21. The lowest BCUT2D eigenvalue weighted by atomic mass is 10.1. The number of carbonyl (C=O) groups excluding carboxylic acids is 2. The highest BCUT2D eigenvalue weighted by Gasteiger charge is 2.29. The molecule has 2 amide bonds. The fourth-order valence-electron chi connectivity index (χ4n) is 3.33. The van der Waals surface area contributed by atoms with E-state index >= 15 is 0 Å². The minimum Gasteiger partial charge on any atom is -0.324 e. The van der Waals surface area contributed by atoms with Gasteiger partial charge in [0.1, 0.15) is 0 Å². The highest BCUT2D eigenvalue weighted by atomic mass is 16.2. The Bertz CT molecular complexity index is 1060. The predicted molar refractivity (Wildman–Crippen MR) is 106 cm³/mol. The fourth-order valence-corrected chi connectivity index (χ4v) is 3.33. The van der Waals surface area contributed by atoms with Gasteiger partial charge in [-0.05, 0) is 18.1 Å². The van der Waals surface area contributed by atoms with Gasteiger partial charge < -0.3 is 10.2 Å². The summed E-state index contributed by atoms with van der Waals surface area (Å²) in [5.74, 6) is -0.240. The standard InChI is InChI=1S/C20H22N6O2/c1-12(2)10-26-18-14(8-23-26)6-15(7-22-18)20(28)25-11-13(3)19(27)24-16-4-5-21-9-17(16)25/h4-9,12-13H,10-11H2,1-3H3,(H,24,27). The Kier molecular flexibility index (Phi) is 4.54. The van der Waals surface area contributed by atoms with Crippen molar-refractivity contribution in [1.29, 1.82) is 0 Å². The van der Waals surface area contributed by atoms with Crippen molar-refractivity contribution in [3.8, 4) is 0 Å². The summed E-state index contributed by atoms with van der Waals surface area (Å²) in [4.78, 5) is 35.7. The van der Waals surface area contributed by atoms with Crippen molar-refractivity contribution in [3.63, 3.8) is 0 Å². The normalized spacial score (nSPS) is 16.8. The van der Waals surface area contributed by atoms with Crippen LogP contribution < -0.4 is 10.2 Å². The Morgan fingerprint density at radius 1 is 1.32 bits per heavy atom. The number of anilines is 2. The lowest BCUT2D eigenvalue weighted by Gasteiger charge is -2.23. The Morgan fingerprint density at radius 3 is 2.93 bits per heavy atom. The van der Waals surface area contributed by atoms with E-state index in [9.17, 15) is 9.59 Å². The van der Waals surface area contributed by atoms with Crippen LogP contribution in [0.1, 0.15) is 31.1 Å². The largest absolute Gasteiger partial charge is 0.324 e. The third-order valence-corrected chi connectivity index (χ3v) is 4.76. The fraction of sp³-hybridized carbons (Fsp3) is 0.350. The van der Waals surface area contributed by atoms with Crippen molar-refractivity contribution < 1.29 is 9.59 Å². The van der Waals surface area contributed by atoms with Gasteiger partial charge in [-0.1, -0.05) is 20.8 Å². The van der Waals surface area contributed by atoms with Gasteiger partial charge in [0.2, 0.25) is 5.91 Å². The summed E-state index contributed by atoms with van der Waals surface area (Å²) in [5.41, 5.74) is 2.37. The van der Waals surface area contributed by atoms with Crippen LogP contribution in [0.5, 0.6) is 0 Å². The number of hydrogen-bond donors (Lipinski definition) is 1. The molecule has 8 nitrogen and oxygen atoms in total. The molecule has 0 saturated carbocycles. The maximum atomic E-state index is 13.3. The first-order valence-electron chi connectivity index (χ1n) is 9.32. The van der Waals surface area contributed by atoms with Crippen LogP contribution in [0.4, 0.5) is 11.4 Å². The zero-order chi connectivity index (χ0) is 19.8. The van der Waals surface area contributed by atoms with Crippen molar-refractivity contribution in [2.45, 2.75) is 27.3 Å². The van der Waals surface area contributed by atoms with E-state index in [0.717, 1.165) is 17.6 Å². The average Bonchev–Trinajstić information content (AvgIpc) is 3.01. The van der Waals surface area contributed by atoms with Gasteiger partial charge in [-0.3, -0.25) is 14.6 Å². The topological polar surface area (TPSA) is 93.0 Å². The van der Waals surface area contributed by atoms with Crippen LogP contribution in [0.3, 0.4) is 0 Å². The van der Waals surface area contributed by atoms with Crippen LogP contribution in [0.2, 0.25) is 0 Å². The number of carbonyl (C=O) groups is 2. The van der Waals surface area contributed by atoms with E-state index in [4.69, 9.17) is 0 Å². The Hall–Kier alpha value is -3.29. The second-order valence-electron chi connectivity index (χ2n) is 7.56. The third-order valence-electron chi connectivity index (χ3n) is 4.76. The molecule has 3 aromatic rings. The van der Waals surface area contributed by atoms with Crippen molar-refractivity contribution in [1.82, 2.24) is 19.7 Å². The maximum Gasteiger partial charge on any atom is 0.259 e. The van der Waals surface area contributed by atoms with Gasteiger partial charge in [0.15, 0.2) is 5.65 Å². The molecule has 3 aromatic heterocycles. The summed E-state index contributed by atoms with van der Waals surface area (Å²) < 4.78 is 1.85. The molecule has 1 atom stereocenters. The lowest BCUT2D eigenvalue weighted by molar-refractivity contribution is -0.119. The summed E-state index contributed by atoms with van der Waals surface area (Å²) in [5, 5.41) is 8.06. The molecule has 1 aliphatic heterocycles. The number of fused-ring (bicyclic) bond motifs is 2. The quantitative estimate of drug-likeness (QED) is 0.756. The molecule has 0 fully saturated rings. The number of amides is 2. The Labute approximate surface area is 162 Å². The van der Waals surface area contributed by atoms with E-state index in [2.05, 4.69) is 34.2 Å². The predicted octanol–water partition coefficient (Wildman–Crippen LogP) is 2.72. The molecule has 1 unspecified atom stereocenters. The van der Waals surface area contributed by atoms with Crippen molar-refractivity contribution in [3.05, 3.63) is 42.5 Å². The molecular formula is C20H22N6O2. The van der Waals surface area contributed by atoms with Gasteiger partial charge in [0, 0.05) is 30.9 Å². The highest BCUT2D eigenvalue weighted by molar-refractivity contribution is 6.11. The molecule has 0 aromatic carbocycles. The van der Waals surface area contributed by atoms with E-state index in [0.29, 0.717) is 22.9 Å². The molecule has 0 aliphatic carbocycles. The van der Waals surface area contributed by atoms with Crippen LogP contribution >= 0.6 is 0 Å². The van der Waals surface area contributed by atoms with Crippen LogP contribution in [0.15, 0.2) is 36.9 Å². The first-order chi connectivity index (χ1) is 13.4. The van der Waals surface area contributed by atoms with Gasteiger partial charge in [-0.2, -0.15) is 5.10 Å².